The lowest BCUT2D eigenvalue weighted by Crippen LogP contribution is -2.20. The van der Waals surface area contributed by atoms with Gasteiger partial charge >= 0.3 is 0 Å². The number of aryl methyl sites for hydroxylation is 2. The van der Waals surface area contributed by atoms with E-state index in [4.69, 9.17) is 11.6 Å². The van der Waals surface area contributed by atoms with Gasteiger partial charge in [0.25, 0.3) is 0 Å². The van der Waals surface area contributed by atoms with Crippen molar-refractivity contribution in [3.05, 3.63) is 106 Å². The summed E-state index contributed by atoms with van der Waals surface area (Å²) in [5.74, 6) is -0.134. The molecule has 1 amide bonds. The average Bonchev–Trinajstić information content (AvgIpc) is 3.10. The topological polar surface area (TPSA) is 46.4 Å². The first kappa shape index (κ1) is 20.9. The smallest absolute Gasteiger partial charge is 0.244 e. The van der Waals surface area contributed by atoms with Gasteiger partial charge in [-0.05, 0) is 42.7 Å². The summed E-state index contributed by atoms with van der Waals surface area (Å²) in [5.41, 5.74) is 9.00. The summed E-state index contributed by atoms with van der Waals surface area (Å²) in [6, 6.07) is 22.1. The third-order valence-electron chi connectivity index (χ3n) is 5.37. The molecule has 1 aromatic heterocycles. The number of carbonyl (C=O) groups excluding carboxylic acids is 1. The van der Waals surface area contributed by atoms with Crippen molar-refractivity contribution in [2.75, 3.05) is 0 Å². The number of aromatic nitrogens is 1. The van der Waals surface area contributed by atoms with Crippen molar-refractivity contribution in [2.45, 2.75) is 26.8 Å². The number of rotatable bonds is 6. The third-order valence-corrected chi connectivity index (χ3v) is 5.74. The molecule has 1 N–H and O–H groups in total. The zero-order chi connectivity index (χ0) is 21.8. The maximum Gasteiger partial charge on any atom is 0.244 e. The van der Waals surface area contributed by atoms with Gasteiger partial charge in [0.05, 0.1) is 12.6 Å². The van der Waals surface area contributed by atoms with Crippen LogP contribution in [0.1, 0.15) is 27.8 Å². The largest absolute Gasteiger partial charge is 0.342 e. The molecule has 4 aromatic rings. The standard InChI is InChI=1S/C26H24ClN3O/c1-18-11-12-19(2)21(13-18)14-26(31)29-28-15-22-17-30(25-10-6-4-8-23(22)25)16-20-7-3-5-9-24(20)27/h3-13,15,17H,14,16H2,1-2H3,(H,29,31)/b28-15-. The van der Waals surface area contributed by atoms with Gasteiger partial charge in [0.2, 0.25) is 5.91 Å². The van der Waals surface area contributed by atoms with Crippen LogP contribution in [-0.4, -0.2) is 16.7 Å². The molecule has 0 saturated carbocycles. The van der Waals surface area contributed by atoms with Crippen molar-refractivity contribution >= 4 is 34.6 Å². The van der Waals surface area contributed by atoms with Crippen LogP contribution in [0.25, 0.3) is 10.9 Å². The van der Waals surface area contributed by atoms with Crippen LogP contribution in [0.5, 0.6) is 0 Å². The number of nitrogens with zero attached hydrogens (tertiary/aromatic N) is 2. The van der Waals surface area contributed by atoms with Crippen molar-refractivity contribution in [3.8, 4) is 0 Å². The number of amides is 1. The Hall–Kier alpha value is -3.37. The highest BCUT2D eigenvalue weighted by Crippen LogP contribution is 2.23. The molecule has 1 heterocycles. The van der Waals surface area contributed by atoms with Crippen molar-refractivity contribution in [3.63, 3.8) is 0 Å². The molecule has 156 valence electrons. The predicted octanol–water partition coefficient (Wildman–Crippen LogP) is 5.65. The third kappa shape index (κ3) is 4.86. The number of halogens is 1. The second-order valence-corrected chi connectivity index (χ2v) is 8.13. The number of benzene rings is 3. The van der Waals surface area contributed by atoms with E-state index in [1.165, 1.54) is 0 Å². The monoisotopic (exact) mass is 429 g/mol. The van der Waals surface area contributed by atoms with Crippen LogP contribution in [0.3, 0.4) is 0 Å². The van der Waals surface area contributed by atoms with E-state index in [-0.39, 0.29) is 5.91 Å². The van der Waals surface area contributed by atoms with Crippen LogP contribution >= 0.6 is 11.6 Å². The first-order chi connectivity index (χ1) is 15.0. The van der Waals surface area contributed by atoms with E-state index < -0.39 is 0 Å². The maximum absolute atomic E-state index is 12.4. The normalized spacial score (nSPS) is 11.3. The van der Waals surface area contributed by atoms with Gasteiger partial charge in [-0.3, -0.25) is 4.79 Å². The quantitative estimate of drug-likeness (QED) is 0.312. The average molecular weight is 430 g/mol. The number of carbonyl (C=O) groups is 1. The molecule has 5 heteroatoms. The molecule has 0 aliphatic heterocycles. The Balaban J connectivity index is 1.52. The number of fused-ring (bicyclic) bond motifs is 1. The maximum atomic E-state index is 12.4. The summed E-state index contributed by atoms with van der Waals surface area (Å²) in [4.78, 5) is 12.4. The lowest BCUT2D eigenvalue weighted by atomic mass is 10.0. The zero-order valence-corrected chi connectivity index (χ0v) is 18.4. The fourth-order valence-electron chi connectivity index (χ4n) is 3.70. The Bertz CT molecular complexity index is 1270. The fraction of sp³-hybridized carbons (Fsp3) is 0.154. The van der Waals surface area contributed by atoms with Gasteiger partial charge in [-0.1, -0.05) is 71.8 Å². The van der Waals surface area contributed by atoms with Crippen molar-refractivity contribution in [2.24, 2.45) is 5.10 Å². The Labute approximate surface area is 187 Å². The number of nitrogens with one attached hydrogen (secondary N) is 1. The minimum Gasteiger partial charge on any atom is -0.342 e. The second kappa shape index (κ2) is 9.19. The molecule has 0 aliphatic carbocycles. The molecule has 0 aliphatic rings. The predicted molar refractivity (Wildman–Crippen MR) is 128 cm³/mol. The van der Waals surface area contributed by atoms with Crippen LogP contribution in [-0.2, 0) is 17.8 Å². The number of para-hydroxylation sites is 1. The molecule has 0 fully saturated rings. The van der Waals surface area contributed by atoms with Crippen LogP contribution in [0.4, 0.5) is 0 Å². The molecule has 0 saturated heterocycles. The molecule has 0 unspecified atom stereocenters. The molecular weight excluding hydrogens is 406 g/mol. The highest BCUT2D eigenvalue weighted by molar-refractivity contribution is 6.31. The molecule has 0 radical (unpaired) electrons. The summed E-state index contributed by atoms with van der Waals surface area (Å²) >= 11 is 6.35. The first-order valence-corrected chi connectivity index (χ1v) is 10.6. The van der Waals surface area contributed by atoms with Crippen LogP contribution in [0.2, 0.25) is 5.02 Å². The Morgan fingerprint density at radius 1 is 1.03 bits per heavy atom. The van der Waals surface area contributed by atoms with Gasteiger partial charge < -0.3 is 4.57 Å². The molecule has 0 spiro atoms. The van der Waals surface area contributed by atoms with Gasteiger partial charge in [-0.15, -0.1) is 0 Å². The van der Waals surface area contributed by atoms with Crippen LogP contribution in [0, 0.1) is 13.8 Å². The fourth-order valence-corrected chi connectivity index (χ4v) is 3.89. The summed E-state index contributed by atoms with van der Waals surface area (Å²) in [6.45, 7) is 4.70. The van der Waals surface area contributed by atoms with Crippen LogP contribution < -0.4 is 5.43 Å². The SMILES string of the molecule is Cc1ccc(C)c(CC(=O)N/N=C\c2cn(Cc3ccccc3Cl)c3ccccc23)c1. The molecule has 0 bridgehead atoms. The van der Waals surface area contributed by atoms with Crippen molar-refractivity contribution < 1.29 is 4.79 Å². The second-order valence-electron chi connectivity index (χ2n) is 7.72. The highest BCUT2D eigenvalue weighted by Gasteiger charge is 2.09. The number of hydrogen-bond donors (Lipinski definition) is 1. The van der Waals surface area contributed by atoms with E-state index in [0.717, 1.165) is 43.7 Å². The van der Waals surface area contributed by atoms with E-state index >= 15 is 0 Å². The van der Waals surface area contributed by atoms with Crippen LogP contribution in [0.15, 0.2) is 78.0 Å². The molecule has 4 nitrogen and oxygen atoms in total. The highest BCUT2D eigenvalue weighted by atomic mass is 35.5. The molecular formula is C26H24ClN3O. The van der Waals surface area contributed by atoms with Crippen molar-refractivity contribution in [1.82, 2.24) is 9.99 Å². The molecule has 0 atom stereocenters. The van der Waals surface area contributed by atoms with E-state index in [2.05, 4.69) is 27.2 Å². The Morgan fingerprint density at radius 3 is 2.65 bits per heavy atom. The van der Waals surface area contributed by atoms with Gasteiger partial charge in [-0.2, -0.15) is 5.10 Å². The molecule has 31 heavy (non-hydrogen) atoms. The minimum atomic E-state index is -0.134. The number of hydrazone groups is 1. The van der Waals surface area contributed by atoms with Gasteiger partial charge in [-0.25, -0.2) is 5.43 Å². The van der Waals surface area contributed by atoms with Crippen molar-refractivity contribution in [1.29, 1.82) is 0 Å². The lowest BCUT2D eigenvalue weighted by Gasteiger charge is -2.07. The molecule has 4 rings (SSSR count). The van der Waals surface area contributed by atoms with E-state index in [9.17, 15) is 4.79 Å². The van der Waals surface area contributed by atoms with E-state index in [1.54, 1.807) is 6.21 Å². The van der Waals surface area contributed by atoms with E-state index in [1.807, 2.05) is 74.6 Å². The summed E-state index contributed by atoms with van der Waals surface area (Å²) in [5, 5.41) is 6.03. The lowest BCUT2D eigenvalue weighted by molar-refractivity contribution is -0.120. The summed E-state index contributed by atoms with van der Waals surface area (Å²) in [6.07, 6.45) is 4.04. The number of hydrogen-bond acceptors (Lipinski definition) is 2. The van der Waals surface area contributed by atoms with Gasteiger partial charge in [0.1, 0.15) is 0 Å². The zero-order valence-electron chi connectivity index (χ0n) is 17.6. The first-order valence-electron chi connectivity index (χ1n) is 10.2. The van der Waals surface area contributed by atoms with E-state index in [0.29, 0.717) is 13.0 Å². The van der Waals surface area contributed by atoms with Gasteiger partial charge in [0.15, 0.2) is 0 Å². The molecule has 3 aromatic carbocycles. The Kier molecular flexibility index (Phi) is 6.19. The minimum absolute atomic E-state index is 0.134. The van der Waals surface area contributed by atoms with Gasteiger partial charge in [0, 0.05) is 34.2 Å². The summed E-state index contributed by atoms with van der Waals surface area (Å²) in [7, 11) is 0. The summed E-state index contributed by atoms with van der Waals surface area (Å²) < 4.78 is 2.15. The Morgan fingerprint density at radius 2 is 1.81 bits per heavy atom.